The number of carbonyl (C=O) groups is 1. The lowest BCUT2D eigenvalue weighted by atomic mass is 9.44. The molecule has 0 aromatic heterocycles. The van der Waals surface area contributed by atoms with E-state index in [1.165, 1.54) is 64.7 Å². The molecular weight excluding hydrogens is 470 g/mol. The maximum absolute atomic E-state index is 11.9. The van der Waals surface area contributed by atoms with Gasteiger partial charge in [0, 0.05) is 20.1 Å². The van der Waals surface area contributed by atoms with E-state index in [1.807, 2.05) is 13.2 Å². The van der Waals surface area contributed by atoms with Crippen molar-refractivity contribution in [3.05, 3.63) is 12.2 Å². The van der Waals surface area contributed by atoms with E-state index in [1.54, 1.807) is 6.08 Å². The average Bonchev–Trinajstić information content (AvgIpc) is 3.22. The molecule has 0 saturated heterocycles. The molecule has 38 heavy (non-hydrogen) atoms. The molecule has 0 aromatic carbocycles. The predicted molar refractivity (Wildman–Crippen MR) is 153 cm³/mol. The molecule has 4 rings (SSSR count). The van der Waals surface area contributed by atoms with Crippen LogP contribution in [0.3, 0.4) is 0 Å². The molecule has 4 heteroatoms. The van der Waals surface area contributed by atoms with Crippen LogP contribution < -0.4 is 0 Å². The smallest absolute Gasteiger partial charge is 0.302 e. The summed E-state index contributed by atoms with van der Waals surface area (Å²) in [6.45, 7) is 13.5. The third-order valence-corrected chi connectivity index (χ3v) is 12.4. The summed E-state index contributed by atoms with van der Waals surface area (Å²) in [5.41, 5.74) is 0.811. The van der Waals surface area contributed by atoms with Crippen molar-refractivity contribution in [2.45, 2.75) is 131 Å². The molecule has 4 saturated carbocycles. The normalized spacial score (nSPS) is 40.5. The SMILES string of the molecule is CO[C@@H]1CC[C@@]2(C)[C@H](CC[C@@H]3[C@@H]2CC[C@]2(C)[C@@H]([C@H](C)CCC(CC(C)(C)/C=C\C#N)OC(C)=O)CC[C@@H]32)C1. The van der Waals surface area contributed by atoms with Gasteiger partial charge in [0.1, 0.15) is 6.10 Å². The minimum absolute atomic E-state index is 0.0912. The summed E-state index contributed by atoms with van der Waals surface area (Å²) in [6, 6.07) is 2.10. The lowest BCUT2D eigenvalue weighted by Gasteiger charge is -2.61. The van der Waals surface area contributed by atoms with Crippen LogP contribution in [-0.4, -0.2) is 25.3 Å². The van der Waals surface area contributed by atoms with Crippen molar-refractivity contribution < 1.29 is 14.3 Å². The lowest BCUT2D eigenvalue weighted by molar-refractivity contribution is -0.148. The van der Waals surface area contributed by atoms with Crippen LogP contribution in [0, 0.1) is 63.1 Å². The second-order valence-corrected chi connectivity index (χ2v) is 15.0. The van der Waals surface area contributed by atoms with Crippen LogP contribution in [0.1, 0.15) is 119 Å². The standard InChI is InChI=1S/C34H55NO3/c1-23(9-11-27(38-24(2)36)22-32(3,4)17-8-20-35)29-13-14-30-28-12-10-25-21-26(37-7)15-18-33(25,5)31(28)16-19-34(29,30)6/h8,17,23,25-31H,9-16,18-19,21-22H2,1-7H3/b17-8-/t23-,25-,26-,27?,28+,29-,30+,31+,33+,34-/m1/s1. The Morgan fingerprint density at radius 2 is 1.76 bits per heavy atom. The van der Waals surface area contributed by atoms with Gasteiger partial charge in [-0.2, -0.15) is 5.26 Å². The fourth-order valence-electron chi connectivity index (χ4n) is 10.4. The van der Waals surface area contributed by atoms with Gasteiger partial charge in [-0.1, -0.05) is 40.7 Å². The molecule has 4 nitrogen and oxygen atoms in total. The number of rotatable bonds is 9. The fraction of sp³-hybridized carbons (Fsp3) is 0.882. The summed E-state index contributed by atoms with van der Waals surface area (Å²) in [5, 5.41) is 8.96. The molecule has 4 aliphatic rings. The number of nitrogens with zero attached hydrogens (tertiary/aromatic N) is 1. The highest BCUT2D eigenvalue weighted by Crippen LogP contribution is 2.68. The molecule has 0 aliphatic heterocycles. The van der Waals surface area contributed by atoms with E-state index in [0.29, 0.717) is 22.9 Å². The monoisotopic (exact) mass is 525 g/mol. The second kappa shape index (κ2) is 11.6. The van der Waals surface area contributed by atoms with E-state index < -0.39 is 0 Å². The number of fused-ring (bicyclic) bond motifs is 5. The van der Waals surface area contributed by atoms with Gasteiger partial charge in [0.05, 0.1) is 12.2 Å². The summed E-state index contributed by atoms with van der Waals surface area (Å²) in [5.74, 6) is 4.77. The molecule has 1 unspecified atom stereocenters. The van der Waals surface area contributed by atoms with Gasteiger partial charge in [0.25, 0.3) is 0 Å². The van der Waals surface area contributed by atoms with Gasteiger partial charge in [-0.05, 0) is 129 Å². The molecule has 0 spiro atoms. The molecule has 0 amide bonds. The number of hydrogen-bond donors (Lipinski definition) is 0. The van der Waals surface area contributed by atoms with Crippen LogP contribution in [0.2, 0.25) is 0 Å². The first kappa shape index (κ1) is 29.6. The van der Waals surface area contributed by atoms with Crippen LogP contribution in [-0.2, 0) is 14.3 Å². The molecule has 10 atom stereocenters. The van der Waals surface area contributed by atoms with Crippen LogP contribution in [0.15, 0.2) is 12.2 Å². The van der Waals surface area contributed by atoms with E-state index in [2.05, 4.69) is 40.7 Å². The largest absolute Gasteiger partial charge is 0.463 e. The third-order valence-electron chi connectivity index (χ3n) is 12.4. The Morgan fingerprint density at radius 3 is 2.45 bits per heavy atom. The van der Waals surface area contributed by atoms with E-state index in [0.717, 1.165) is 48.9 Å². The molecule has 214 valence electrons. The Kier molecular flexibility index (Phi) is 9.08. The number of carbonyl (C=O) groups excluding carboxylic acids is 1. The lowest BCUT2D eigenvalue weighted by Crippen LogP contribution is -2.54. The molecule has 4 aliphatic carbocycles. The Hall–Kier alpha value is -1.34. The van der Waals surface area contributed by atoms with Crippen LogP contribution in [0.5, 0.6) is 0 Å². The predicted octanol–water partition coefficient (Wildman–Crippen LogP) is 8.50. The highest BCUT2D eigenvalue weighted by atomic mass is 16.5. The maximum Gasteiger partial charge on any atom is 0.302 e. The molecule has 4 fully saturated rings. The first-order valence-electron chi connectivity index (χ1n) is 15.7. The first-order valence-corrected chi connectivity index (χ1v) is 15.7. The van der Waals surface area contributed by atoms with Gasteiger partial charge in [-0.15, -0.1) is 0 Å². The Labute approximate surface area is 233 Å². The number of hydrogen-bond acceptors (Lipinski definition) is 4. The van der Waals surface area contributed by atoms with Gasteiger partial charge in [0.15, 0.2) is 0 Å². The number of nitriles is 1. The highest BCUT2D eigenvalue weighted by molar-refractivity contribution is 5.66. The minimum Gasteiger partial charge on any atom is -0.463 e. The van der Waals surface area contributed by atoms with Gasteiger partial charge in [-0.3, -0.25) is 4.79 Å². The molecule has 0 aromatic rings. The molecule has 0 heterocycles. The fourth-order valence-corrected chi connectivity index (χ4v) is 10.4. The van der Waals surface area contributed by atoms with E-state index >= 15 is 0 Å². The third kappa shape index (κ3) is 5.89. The minimum atomic E-state index is -0.197. The van der Waals surface area contributed by atoms with Gasteiger partial charge in [-0.25, -0.2) is 0 Å². The zero-order valence-corrected chi connectivity index (χ0v) is 25.4. The Morgan fingerprint density at radius 1 is 1.05 bits per heavy atom. The summed E-state index contributed by atoms with van der Waals surface area (Å²) in [6.07, 6.45) is 19.0. The van der Waals surface area contributed by atoms with E-state index in [-0.39, 0.29) is 17.5 Å². The number of methoxy groups -OCH3 is 1. The van der Waals surface area contributed by atoms with E-state index in [9.17, 15) is 4.79 Å². The summed E-state index contributed by atoms with van der Waals surface area (Å²) >= 11 is 0. The number of esters is 1. The Bertz CT molecular complexity index is 904. The summed E-state index contributed by atoms with van der Waals surface area (Å²) < 4.78 is 11.6. The van der Waals surface area contributed by atoms with Crippen molar-refractivity contribution in [3.8, 4) is 6.07 Å². The molecule has 0 radical (unpaired) electrons. The van der Waals surface area contributed by atoms with Crippen molar-refractivity contribution >= 4 is 5.97 Å². The number of ether oxygens (including phenoxy) is 2. The van der Waals surface area contributed by atoms with Crippen molar-refractivity contribution in [3.63, 3.8) is 0 Å². The van der Waals surface area contributed by atoms with Crippen molar-refractivity contribution in [1.29, 1.82) is 5.26 Å². The van der Waals surface area contributed by atoms with Crippen LogP contribution in [0.25, 0.3) is 0 Å². The molecule has 0 bridgehead atoms. The van der Waals surface area contributed by atoms with Crippen LogP contribution >= 0.6 is 0 Å². The zero-order valence-electron chi connectivity index (χ0n) is 25.4. The summed E-state index contributed by atoms with van der Waals surface area (Å²) in [7, 11) is 1.91. The first-order chi connectivity index (χ1) is 17.9. The van der Waals surface area contributed by atoms with Crippen molar-refractivity contribution in [1.82, 2.24) is 0 Å². The van der Waals surface area contributed by atoms with Crippen molar-refractivity contribution in [2.75, 3.05) is 7.11 Å². The van der Waals surface area contributed by atoms with Gasteiger partial charge < -0.3 is 9.47 Å². The van der Waals surface area contributed by atoms with Gasteiger partial charge >= 0.3 is 5.97 Å². The topological polar surface area (TPSA) is 59.3 Å². The Balaban J connectivity index is 1.40. The van der Waals surface area contributed by atoms with Crippen molar-refractivity contribution in [2.24, 2.45) is 51.8 Å². The summed E-state index contributed by atoms with van der Waals surface area (Å²) in [4.78, 5) is 11.9. The number of allylic oxidation sites excluding steroid dienone is 2. The zero-order chi connectivity index (χ0) is 27.7. The average molecular weight is 526 g/mol. The molecular formula is C34H55NO3. The van der Waals surface area contributed by atoms with Gasteiger partial charge in [0.2, 0.25) is 0 Å². The molecule has 0 N–H and O–H groups in total. The van der Waals surface area contributed by atoms with Crippen LogP contribution in [0.4, 0.5) is 0 Å². The maximum atomic E-state index is 11.9. The second-order valence-electron chi connectivity index (χ2n) is 15.0. The highest BCUT2D eigenvalue weighted by Gasteiger charge is 2.60. The quantitative estimate of drug-likeness (QED) is 0.224. The van der Waals surface area contributed by atoms with E-state index in [4.69, 9.17) is 14.7 Å².